The molecule has 104 valence electrons. The summed E-state index contributed by atoms with van der Waals surface area (Å²) in [6.07, 6.45) is 0.764. The number of hydrogen-bond acceptors (Lipinski definition) is 4. The highest BCUT2D eigenvalue weighted by Gasteiger charge is 2.30. The first kappa shape index (κ1) is 13.8. The Labute approximate surface area is 113 Å². The molecule has 0 atom stereocenters. The number of carbonyl (C=O) groups is 1. The van der Waals surface area contributed by atoms with Crippen molar-refractivity contribution in [2.45, 2.75) is 32.8 Å². The van der Waals surface area contributed by atoms with Gasteiger partial charge in [0.2, 0.25) is 0 Å². The lowest BCUT2D eigenvalue weighted by molar-refractivity contribution is -0.0764. The molecule has 2 rings (SSSR count). The van der Waals surface area contributed by atoms with Gasteiger partial charge in [-0.2, -0.15) is 0 Å². The Kier molecular flexibility index (Phi) is 3.75. The van der Waals surface area contributed by atoms with Crippen LogP contribution in [0.1, 0.15) is 36.8 Å². The number of aryl methyl sites for hydroxylation is 1. The molecule has 2 heterocycles. The molecule has 1 aromatic heterocycles. The summed E-state index contributed by atoms with van der Waals surface area (Å²) < 4.78 is 5.62. The van der Waals surface area contributed by atoms with Crippen LogP contribution in [-0.2, 0) is 11.2 Å². The van der Waals surface area contributed by atoms with Gasteiger partial charge in [-0.05, 0) is 32.4 Å². The van der Waals surface area contributed by atoms with E-state index in [-0.39, 0.29) is 11.5 Å². The van der Waals surface area contributed by atoms with Crippen molar-refractivity contribution in [3.63, 3.8) is 0 Å². The first-order chi connectivity index (χ1) is 8.91. The van der Waals surface area contributed by atoms with E-state index >= 15 is 0 Å². The fraction of sp³-hybridized carbons (Fsp3) is 0.571. The fourth-order valence-electron chi connectivity index (χ4n) is 2.29. The first-order valence-corrected chi connectivity index (χ1v) is 6.61. The van der Waals surface area contributed by atoms with E-state index in [0.29, 0.717) is 31.1 Å². The average Bonchev–Trinajstić information content (AvgIpc) is 2.35. The average molecular weight is 263 g/mol. The predicted octanol–water partition coefficient (Wildman–Crippen LogP) is 1.48. The van der Waals surface area contributed by atoms with E-state index in [1.165, 1.54) is 0 Å². The molecule has 0 spiro atoms. The molecule has 0 unspecified atom stereocenters. The van der Waals surface area contributed by atoms with Gasteiger partial charge >= 0.3 is 0 Å². The summed E-state index contributed by atoms with van der Waals surface area (Å²) in [7, 11) is 0. The van der Waals surface area contributed by atoms with Crippen LogP contribution in [0.15, 0.2) is 12.1 Å². The molecule has 0 bridgehead atoms. The third kappa shape index (κ3) is 3.23. The summed E-state index contributed by atoms with van der Waals surface area (Å²) in [5, 5.41) is 0. The zero-order valence-corrected chi connectivity index (χ0v) is 11.8. The monoisotopic (exact) mass is 263 g/mol. The minimum absolute atomic E-state index is 0.000162. The van der Waals surface area contributed by atoms with Crippen molar-refractivity contribution in [1.29, 1.82) is 0 Å². The molecule has 2 N–H and O–H groups in total. The van der Waals surface area contributed by atoms with Crippen LogP contribution in [0.5, 0.6) is 0 Å². The molecule has 0 aliphatic carbocycles. The molecule has 0 radical (unpaired) electrons. The predicted molar refractivity (Wildman–Crippen MR) is 74.0 cm³/mol. The van der Waals surface area contributed by atoms with Gasteiger partial charge in [0.25, 0.3) is 5.91 Å². The molecule has 19 heavy (non-hydrogen) atoms. The van der Waals surface area contributed by atoms with E-state index in [9.17, 15) is 4.79 Å². The second kappa shape index (κ2) is 5.17. The molecule has 1 aliphatic heterocycles. The number of ether oxygens (including phenoxy) is 1. The van der Waals surface area contributed by atoms with Gasteiger partial charge in [-0.1, -0.05) is 6.92 Å². The number of rotatable bonds is 2. The smallest absolute Gasteiger partial charge is 0.254 e. The van der Waals surface area contributed by atoms with Gasteiger partial charge in [0, 0.05) is 24.3 Å². The maximum absolute atomic E-state index is 12.5. The number of nitrogens with zero attached hydrogens (tertiary/aromatic N) is 2. The van der Waals surface area contributed by atoms with E-state index in [0.717, 1.165) is 12.1 Å². The molecule has 0 aromatic carbocycles. The van der Waals surface area contributed by atoms with Crippen molar-refractivity contribution in [3.8, 4) is 0 Å². The van der Waals surface area contributed by atoms with Crippen LogP contribution in [0.4, 0.5) is 5.82 Å². The largest absolute Gasteiger partial charge is 0.384 e. The number of morpholine rings is 1. The molecule has 0 saturated carbocycles. The van der Waals surface area contributed by atoms with Crippen LogP contribution in [0.3, 0.4) is 0 Å². The number of nitrogens with two attached hydrogens (primary N) is 1. The Morgan fingerprint density at radius 3 is 2.89 bits per heavy atom. The topological polar surface area (TPSA) is 68.5 Å². The van der Waals surface area contributed by atoms with E-state index in [1.807, 2.05) is 31.7 Å². The number of pyridine rings is 1. The van der Waals surface area contributed by atoms with Gasteiger partial charge in [-0.15, -0.1) is 0 Å². The Hall–Kier alpha value is -1.62. The second-order valence-corrected chi connectivity index (χ2v) is 5.46. The summed E-state index contributed by atoms with van der Waals surface area (Å²) in [6, 6.07) is 3.46. The van der Waals surface area contributed by atoms with E-state index in [2.05, 4.69) is 4.98 Å². The van der Waals surface area contributed by atoms with Crippen molar-refractivity contribution >= 4 is 11.7 Å². The van der Waals surface area contributed by atoms with Crippen molar-refractivity contribution < 1.29 is 9.53 Å². The standard InChI is InChI=1S/C14H21N3O2/c1-4-11-7-10(8-12(15)16-11)13(18)17-5-6-19-14(2,3)9-17/h7-8H,4-6,9H2,1-3H3,(H2,15,16). The molecule has 1 aliphatic rings. The number of carbonyl (C=O) groups excluding carboxylic acids is 1. The van der Waals surface area contributed by atoms with Crippen molar-refractivity contribution in [1.82, 2.24) is 9.88 Å². The lowest BCUT2D eigenvalue weighted by atomic mass is 10.1. The highest BCUT2D eigenvalue weighted by atomic mass is 16.5. The summed E-state index contributed by atoms with van der Waals surface area (Å²) in [6.45, 7) is 7.75. The third-order valence-corrected chi connectivity index (χ3v) is 3.22. The molecule has 1 aromatic rings. The van der Waals surface area contributed by atoms with E-state index < -0.39 is 0 Å². The lowest BCUT2D eigenvalue weighted by Crippen LogP contribution is -2.50. The molecular weight excluding hydrogens is 242 g/mol. The quantitative estimate of drug-likeness (QED) is 0.877. The Morgan fingerprint density at radius 2 is 2.26 bits per heavy atom. The number of nitrogen functional groups attached to an aromatic ring is 1. The number of aromatic nitrogens is 1. The molecular formula is C14H21N3O2. The summed E-state index contributed by atoms with van der Waals surface area (Å²) in [4.78, 5) is 18.5. The van der Waals surface area contributed by atoms with Crippen LogP contribution >= 0.6 is 0 Å². The minimum Gasteiger partial charge on any atom is -0.384 e. The Morgan fingerprint density at radius 1 is 1.53 bits per heavy atom. The van der Waals surface area contributed by atoms with Crippen molar-refractivity contribution in [2.24, 2.45) is 0 Å². The Bertz CT molecular complexity index is 486. The number of anilines is 1. The SMILES string of the molecule is CCc1cc(C(=O)N2CCOC(C)(C)C2)cc(N)n1. The summed E-state index contributed by atoms with van der Waals surface area (Å²) >= 11 is 0. The molecule has 1 saturated heterocycles. The van der Waals surface area contributed by atoms with E-state index in [4.69, 9.17) is 10.5 Å². The first-order valence-electron chi connectivity index (χ1n) is 6.61. The van der Waals surface area contributed by atoms with Gasteiger partial charge in [0.1, 0.15) is 5.82 Å². The van der Waals surface area contributed by atoms with Crippen LogP contribution in [-0.4, -0.2) is 41.1 Å². The highest BCUT2D eigenvalue weighted by Crippen LogP contribution is 2.19. The zero-order valence-electron chi connectivity index (χ0n) is 11.8. The zero-order chi connectivity index (χ0) is 14.0. The van der Waals surface area contributed by atoms with E-state index in [1.54, 1.807) is 6.07 Å². The molecule has 5 nitrogen and oxygen atoms in total. The molecule has 1 fully saturated rings. The van der Waals surface area contributed by atoms with Crippen LogP contribution < -0.4 is 5.73 Å². The number of hydrogen-bond donors (Lipinski definition) is 1. The maximum Gasteiger partial charge on any atom is 0.254 e. The molecule has 1 amide bonds. The summed E-state index contributed by atoms with van der Waals surface area (Å²) in [5.74, 6) is 0.399. The lowest BCUT2D eigenvalue weighted by Gasteiger charge is -2.38. The second-order valence-electron chi connectivity index (χ2n) is 5.46. The summed E-state index contributed by atoms with van der Waals surface area (Å²) in [5.41, 5.74) is 6.91. The van der Waals surface area contributed by atoms with Gasteiger partial charge in [0.15, 0.2) is 0 Å². The number of amides is 1. The van der Waals surface area contributed by atoms with Gasteiger partial charge < -0.3 is 15.4 Å². The normalized spacial score (nSPS) is 18.4. The van der Waals surface area contributed by atoms with Gasteiger partial charge in [0.05, 0.1) is 12.2 Å². The fourth-order valence-corrected chi connectivity index (χ4v) is 2.29. The molecule has 5 heteroatoms. The van der Waals surface area contributed by atoms with Gasteiger partial charge in [-0.25, -0.2) is 4.98 Å². The Balaban J connectivity index is 2.21. The van der Waals surface area contributed by atoms with Crippen LogP contribution in [0, 0.1) is 0 Å². The third-order valence-electron chi connectivity index (χ3n) is 3.22. The van der Waals surface area contributed by atoms with Crippen molar-refractivity contribution in [2.75, 3.05) is 25.4 Å². The maximum atomic E-state index is 12.5. The van der Waals surface area contributed by atoms with Gasteiger partial charge in [-0.3, -0.25) is 4.79 Å². The van der Waals surface area contributed by atoms with Crippen molar-refractivity contribution in [3.05, 3.63) is 23.4 Å². The highest BCUT2D eigenvalue weighted by molar-refractivity contribution is 5.95. The van der Waals surface area contributed by atoms with Crippen LogP contribution in [0.25, 0.3) is 0 Å². The minimum atomic E-state index is -0.292. The van der Waals surface area contributed by atoms with Crippen LogP contribution in [0.2, 0.25) is 0 Å².